The minimum Gasteiger partial charge on any atom is -0.457 e. The maximum Gasteiger partial charge on any atom is 0.350 e. The van der Waals surface area contributed by atoms with Crippen LogP contribution in [0, 0.1) is 0 Å². The third-order valence-electron chi connectivity index (χ3n) is 5.32. The monoisotopic (exact) mass is 514 g/mol. The van der Waals surface area contributed by atoms with Crippen LogP contribution in [0.25, 0.3) is 32.6 Å². The minimum atomic E-state index is -0.442. The van der Waals surface area contributed by atoms with Crippen LogP contribution in [-0.4, -0.2) is 11.0 Å². The average Bonchev–Trinajstić information content (AvgIpc) is 3.20. The van der Waals surface area contributed by atoms with Crippen molar-refractivity contribution in [1.29, 1.82) is 0 Å². The molecule has 33 heavy (non-hydrogen) atoms. The Balaban J connectivity index is 1.61. The van der Waals surface area contributed by atoms with Crippen molar-refractivity contribution in [3.63, 3.8) is 0 Å². The van der Waals surface area contributed by atoms with Gasteiger partial charge in [-0.15, -0.1) is 11.3 Å². The van der Waals surface area contributed by atoms with Crippen LogP contribution in [0.4, 0.5) is 5.69 Å². The van der Waals surface area contributed by atoms with E-state index in [1.807, 2.05) is 91.0 Å². The molecule has 162 valence electrons. The van der Waals surface area contributed by atoms with E-state index in [4.69, 9.17) is 15.5 Å². The number of aromatic nitrogens is 1. The third kappa shape index (κ3) is 4.40. The lowest BCUT2D eigenvalue weighted by Crippen LogP contribution is -2.05. The number of carbonyl (C=O) groups is 1. The van der Waals surface area contributed by atoms with Gasteiger partial charge in [0.1, 0.15) is 16.3 Å². The van der Waals surface area contributed by atoms with Crippen molar-refractivity contribution in [2.75, 3.05) is 5.73 Å². The van der Waals surface area contributed by atoms with E-state index in [0.717, 1.165) is 37.8 Å². The highest BCUT2D eigenvalue weighted by molar-refractivity contribution is 9.10. The number of nitrogens with zero attached hydrogens (tertiary/aromatic N) is 1. The molecule has 3 aromatic carbocycles. The number of nitrogens with two attached hydrogens (primary N) is 1. The zero-order chi connectivity index (χ0) is 22.8. The van der Waals surface area contributed by atoms with Crippen LogP contribution in [0.2, 0.25) is 0 Å². The largest absolute Gasteiger partial charge is 0.457 e. The average molecular weight is 515 g/mol. The summed E-state index contributed by atoms with van der Waals surface area (Å²) in [5.74, 6) is -0.442. The van der Waals surface area contributed by atoms with Crippen molar-refractivity contribution in [2.45, 2.75) is 6.61 Å². The lowest BCUT2D eigenvalue weighted by molar-refractivity contribution is 0.0480. The summed E-state index contributed by atoms with van der Waals surface area (Å²) < 4.78 is 6.55. The predicted molar refractivity (Wildman–Crippen MR) is 138 cm³/mol. The molecule has 0 atom stereocenters. The molecule has 2 heterocycles. The molecule has 0 fully saturated rings. The molecule has 2 N–H and O–H groups in total. The summed E-state index contributed by atoms with van der Waals surface area (Å²) in [5.41, 5.74) is 11.6. The fourth-order valence-corrected chi connectivity index (χ4v) is 4.95. The van der Waals surface area contributed by atoms with Crippen LogP contribution in [-0.2, 0) is 11.3 Å². The zero-order valence-corrected chi connectivity index (χ0v) is 19.9. The first-order valence-corrected chi connectivity index (χ1v) is 12.0. The minimum absolute atomic E-state index is 0.190. The quantitative estimate of drug-likeness (QED) is 0.249. The second kappa shape index (κ2) is 9.17. The van der Waals surface area contributed by atoms with Gasteiger partial charge < -0.3 is 10.5 Å². The summed E-state index contributed by atoms with van der Waals surface area (Å²) in [6, 6.07) is 29.6. The second-order valence-corrected chi connectivity index (χ2v) is 9.43. The maximum absolute atomic E-state index is 12.9. The van der Waals surface area contributed by atoms with Crippen molar-refractivity contribution in [2.24, 2.45) is 0 Å². The number of anilines is 1. The molecule has 0 radical (unpaired) electrons. The Morgan fingerprint density at radius 1 is 0.909 bits per heavy atom. The van der Waals surface area contributed by atoms with Gasteiger partial charge in [-0.05, 0) is 34.9 Å². The van der Waals surface area contributed by atoms with Gasteiger partial charge in [0.25, 0.3) is 0 Å². The number of ether oxygens (including phenoxy) is 1. The number of nitrogen functional groups attached to an aromatic ring is 1. The molecule has 2 aromatic heterocycles. The Hall–Kier alpha value is -3.48. The summed E-state index contributed by atoms with van der Waals surface area (Å²) in [6.45, 7) is 0.190. The number of halogens is 1. The van der Waals surface area contributed by atoms with Crippen LogP contribution in [0.5, 0.6) is 0 Å². The highest BCUT2D eigenvalue weighted by atomic mass is 79.9. The molecule has 6 heteroatoms. The van der Waals surface area contributed by atoms with E-state index >= 15 is 0 Å². The molecule has 0 aliphatic carbocycles. The molecule has 0 unspecified atom stereocenters. The standard InChI is InChI=1S/C27H19BrN2O2S/c28-20-13-11-18(12-14-20)21-15-22(19-9-5-2-6-10-19)30-26-23(21)24(29)25(33-26)27(31)32-16-17-7-3-1-4-8-17/h1-15H,16,29H2. The number of rotatable bonds is 5. The molecule has 0 aliphatic rings. The van der Waals surface area contributed by atoms with E-state index in [0.29, 0.717) is 15.4 Å². The number of hydrogen-bond donors (Lipinski definition) is 1. The van der Waals surface area contributed by atoms with Crippen LogP contribution in [0.3, 0.4) is 0 Å². The number of pyridine rings is 1. The van der Waals surface area contributed by atoms with E-state index in [1.54, 1.807) is 0 Å². The van der Waals surface area contributed by atoms with Crippen LogP contribution in [0.15, 0.2) is 95.5 Å². The van der Waals surface area contributed by atoms with E-state index < -0.39 is 5.97 Å². The van der Waals surface area contributed by atoms with Crippen molar-refractivity contribution in [3.8, 4) is 22.4 Å². The second-order valence-electron chi connectivity index (χ2n) is 7.51. The summed E-state index contributed by atoms with van der Waals surface area (Å²) >= 11 is 4.76. The summed E-state index contributed by atoms with van der Waals surface area (Å²) in [7, 11) is 0. The maximum atomic E-state index is 12.9. The highest BCUT2D eigenvalue weighted by Gasteiger charge is 2.22. The Morgan fingerprint density at radius 2 is 1.58 bits per heavy atom. The Bertz CT molecular complexity index is 1430. The molecule has 0 bridgehead atoms. The highest BCUT2D eigenvalue weighted by Crippen LogP contribution is 2.41. The first-order chi connectivity index (χ1) is 16.1. The van der Waals surface area contributed by atoms with E-state index in [1.165, 1.54) is 11.3 Å². The molecule has 0 amide bonds. The number of fused-ring (bicyclic) bond motifs is 1. The molecule has 4 nitrogen and oxygen atoms in total. The zero-order valence-electron chi connectivity index (χ0n) is 17.5. The van der Waals surface area contributed by atoms with Gasteiger partial charge in [-0.1, -0.05) is 88.7 Å². The lowest BCUT2D eigenvalue weighted by Gasteiger charge is -2.09. The van der Waals surface area contributed by atoms with Gasteiger partial charge in [0.05, 0.1) is 11.4 Å². The predicted octanol–water partition coefficient (Wildman–Crippen LogP) is 7.33. The number of benzene rings is 3. The SMILES string of the molecule is Nc1c(C(=O)OCc2ccccc2)sc2nc(-c3ccccc3)cc(-c3ccc(Br)cc3)c12. The fourth-order valence-electron chi connectivity index (χ4n) is 3.68. The van der Waals surface area contributed by atoms with Gasteiger partial charge in [0.15, 0.2) is 0 Å². The topological polar surface area (TPSA) is 65.2 Å². The van der Waals surface area contributed by atoms with Gasteiger partial charge in [0, 0.05) is 15.4 Å². The molecule has 5 rings (SSSR count). The third-order valence-corrected chi connectivity index (χ3v) is 6.93. The summed E-state index contributed by atoms with van der Waals surface area (Å²) in [6.07, 6.45) is 0. The number of carbonyl (C=O) groups excluding carboxylic acids is 1. The van der Waals surface area contributed by atoms with E-state index in [2.05, 4.69) is 15.9 Å². The molecule has 0 spiro atoms. The smallest absolute Gasteiger partial charge is 0.350 e. The van der Waals surface area contributed by atoms with E-state index in [9.17, 15) is 4.79 Å². The van der Waals surface area contributed by atoms with Gasteiger partial charge in [-0.2, -0.15) is 0 Å². The van der Waals surface area contributed by atoms with Crippen molar-refractivity contribution >= 4 is 49.1 Å². The normalized spacial score (nSPS) is 10.9. The fraction of sp³-hybridized carbons (Fsp3) is 0.0370. The first kappa shape index (κ1) is 21.4. The Kier molecular flexibility index (Phi) is 5.94. The molecule has 0 saturated carbocycles. The summed E-state index contributed by atoms with van der Waals surface area (Å²) in [4.78, 5) is 18.9. The van der Waals surface area contributed by atoms with Crippen LogP contribution >= 0.6 is 27.3 Å². The number of hydrogen-bond acceptors (Lipinski definition) is 5. The van der Waals surface area contributed by atoms with Gasteiger partial charge in [-0.3, -0.25) is 0 Å². The van der Waals surface area contributed by atoms with Gasteiger partial charge in [-0.25, -0.2) is 9.78 Å². The van der Waals surface area contributed by atoms with Crippen LogP contribution in [0.1, 0.15) is 15.2 Å². The van der Waals surface area contributed by atoms with Gasteiger partial charge in [0.2, 0.25) is 0 Å². The number of thiophene rings is 1. The molecule has 5 aromatic rings. The molecular formula is C27H19BrN2O2S. The Labute approximate surface area is 203 Å². The molecule has 0 saturated heterocycles. The molecule has 0 aliphatic heterocycles. The summed E-state index contributed by atoms with van der Waals surface area (Å²) in [5, 5.41) is 0.772. The number of esters is 1. The van der Waals surface area contributed by atoms with Crippen molar-refractivity contribution in [3.05, 3.63) is 106 Å². The first-order valence-electron chi connectivity index (χ1n) is 10.4. The van der Waals surface area contributed by atoms with Crippen molar-refractivity contribution in [1.82, 2.24) is 4.98 Å². The van der Waals surface area contributed by atoms with Crippen molar-refractivity contribution < 1.29 is 9.53 Å². The van der Waals surface area contributed by atoms with Gasteiger partial charge >= 0.3 is 5.97 Å². The van der Waals surface area contributed by atoms with E-state index in [-0.39, 0.29) is 6.61 Å². The lowest BCUT2D eigenvalue weighted by atomic mass is 9.99. The van der Waals surface area contributed by atoms with Crippen LogP contribution < -0.4 is 5.73 Å². The molecular weight excluding hydrogens is 496 g/mol. The Morgan fingerprint density at radius 3 is 2.27 bits per heavy atom.